The van der Waals surface area contributed by atoms with Crippen molar-refractivity contribution in [2.45, 2.75) is 32.0 Å². The van der Waals surface area contributed by atoms with Crippen molar-refractivity contribution < 1.29 is 23.9 Å². The lowest BCUT2D eigenvalue weighted by Crippen LogP contribution is -2.42. The van der Waals surface area contributed by atoms with Gasteiger partial charge in [-0.1, -0.05) is 30.3 Å². The number of amides is 2. The Morgan fingerprint density at radius 1 is 1.21 bits per heavy atom. The molecule has 2 aromatic rings. The fraction of sp³-hybridized carbons (Fsp3) is 0.286. The lowest BCUT2D eigenvalue weighted by Gasteiger charge is -2.26. The SMILES string of the molecule is C[C@@H](OC(=O)C[C@@H]1Oc2ccccc2NC1=O)C(=O)N1CCc2ccccc21. The quantitative estimate of drug-likeness (QED) is 0.823. The first kappa shape index (κ1) is 18.0. The van der Waals surface area contributed by atoms with Crippen LogP contribution in [0.25, 0.3) is 0 Å². The Morgan fingerprint density at radius 2 is 1.96 bits per heavy atom. The van der Waals surface area contributed by atoms with Gasteiger partial charge in [-0.05, 0) is 37.1 Å². The third-order valence-corrected chi connectivity index (χ3v) is 4.87. The van der Waals surface area contributed by atoms with Crippen LogP contribution in [0.3, 0.4) is 0 Å². The third-order valence-electron chi connectivity index (χ3n) is 4.87. The smallest absolute Gasteiger partial charge is 0.310 e. The van der Waals surface area contributed by atoms with Crippen LogP contribution >= 0.6 is 0 Å². The second-order valence-corrected chi connectivity index (χ2v) is 6.80. The van der Waals surface area contributed by atoms with Crippen LogP contribution in [0, 0.1) is 0 Å². The molecule has 2 aliphatic rings. The summed E-state index contributed by atoms with van der Waals surface area (Å²) in [4.78, 5) is 38.8. The Kier molecular flexibility index (Phi) is 4.73. The first-order chi connectivity index (χ1) is 13.5. The van der Waals surface area contributed by atoms with Crippen molar-refractivity contribution in [1.29, 1.82) is 0 Å². The number of carbonyl (C=O) groups excluding carboxylic acids is 3. The molecule has 7 nitrogen and oxygen atoms in total. The number of nitrogens with zero attached hydrogens (tertiary/aromatic N) is 1. The van der Waals surface area contributed by atoms with Crippen molar-refractivity contribution in [2.75, 3.05) is 16.8 Å². The normalized spacial score (nSPS) is 18.4. The van der Waals surface area contributed by atoms with Gasteiger partial charge in [0.05, 0.1) is 12.1 Å². The number of esters is 1. The van der Waals surface area contributed by atoms with Gasteiger partial charge in [0.1, 0.15) is 5.75 Å². The molecule has 28 heavy (non-hydrogen) atoms. The van der Waals surface area contributed by atoms with Crippen LogP contribution in [0.4, 0.5) is 11.4 Å². The number of benzene rings is 2. The highest BCUT2D eigenvalue weighted by Gasteiger charge is 2.33. The molecular formula is C21H20N2O5. The van der Waals surface area contributed by atoms with E-state index >= 15 is 0 Å². The van der Waals surface area contributed by atoms with Crippen LogP contribution in [0.5, 0.6) is 5.75 Å². The zero-order chi connectivity index (χ0) is 19.7. The van der Waals surface area contributed by atoms with E-state index in [1.54, 1.807) is 29.2 Å². The lowest BCUT2D eigenvalue weighted by molar-refractivity contribution is -0.156. The van der Waals surface area contributed by atoms with E-state index in [4.69, 9.17) is 9.47 Å². The van der Waals surface area contributed by atoms with E-state index in [1.165, 1.54) is 6.92 Å². The second kappa shape index (κ2) is 7.34. The van der Waals surface area contributed by atoms with Crippen LogP contribution in [0.2, 0.25) is 0 Å². The minimum absolute atomic E-state index is 0.269. The average molecular weight is 380 g/mol. The molecule has 7 heteroatoms. The minimum atomic E-state index is -0.989. The molecule has 0 radical (unpaired) electrons. The van der Waals surface area contributed by atoms with Gasteiger partial charge in [-0.3, -0.25) is 14.4 Å². The summed E-state index contributed by atoms with van der Waals surface area (Å²) in [5.74, 6) is -0.855. The van der Waals surface area contributed by atoms with Gasteiger partial charge in [-0.2, -0.15) is 0 Å². The van der Waals surface area contributed by atoms with E-state index < -0.39 is 24.1 Å². The summed E-state index contributed by atoms with van der Waals surface area (Å²) in [6.07, 6.45) is -1.43. The van der Waals surface area contributed by atoms with Gasteiger partial charge < -0.3 is 19.7 Å². The monoisotopic (exact) mass is 380 g/mol. The first-order valence-electron chi connectivity index (χ1n) is 9.18. The Bertz CT molecular complexity index is 942. The molecule has 0 unspecified atom stereocenters. The largest absolute Gasteiger partial charge is 0.478 e. The Morgan fingerprint density at radius 3 is 2.82 bits per heavy atom. The predicted molar refractivity (Wildman–Crippen MR) is 102 cm³/mol. The topological polar surface area (TPSA) is 84.9 Å². The number of ether oxygens (including phenoxy) is 2. The number of nitrogens with one attached hydrogen (secondary N) is 1. The standard InChI is InChI=1S/C21H20N2O5/c1-13(21(26)23-11-10-14-6-2-4-8-16(14)23)27-19(24)12-18-20(25)22-15-7-3-5-9-17(15)28-18/h2-9,13,18H,10-12H2,1H3,(H,22,25)/t13-,18+/m1/s1. The molecule has 0 saturated heterocycles. The molecule has 0 spiro atoms. The summed E-state index contributed by atoms with van der Waals surface area (Å²) in [6.45, 7) is 2.10. The number of anilines is 2. The summed E-state index contributed by atoms with van der Waals surface area (Å²) in [5.41, 5.74) is 2.51. The van der Waals surface area contributed by atoms with Crippen LogP contribution in [-0.2, 0) is 25.5 Å². The highest BCUT2D eigenvalue weighted by Crippen LogP contribution is 2.30. The predicted octanol–water partition coefficient (Wildman–Crippen LogP) is 2.30. The maximum Gasteiger partial charge on any atom is 0.310 e. The van der Waals surface area contributed by atoms with Crippen LogP contribution < -0.4 is 15.0 Å². The number of rotatable bonds is 4. The molecule has 0 aliphatic carbocycles. The number of fused-ring (bicyclic) bond motifs is 2. The van der Waals surface area contributed by atoms with Crippen LogP contribution in [-0.4, -0.2) is 36.5 Å². The number of carbonyl (C=O) groups is 3. The zero-order valence-electron chi connectivity index (χ0n) is 15.4. The molecule has 144 valence electrons. The molecule has 2 heterocycles. The highest BCUT2D eigenvalue weighted by molar-refractivity contribution is 6.01. The van der Waals surface area contributed by atoms with Crippen molar-refractivity contribution in [3.8, 4) is 5.75 Å². The maximum absolute atomic E-state index is 12.7. The molecule has 4 rings (SSSR count). The van der Waals surface area contributed by atoms with Gasteiger partial charge in [0, 0.05) is 12.2 Å². The van der Waals surface area contributed by atoms with E-state index in [0.717, 1.165) is 17.7 Å². The highest BCUT2D eigenvalue weighted by atomic mass is 16.6. The number of hydrogen-bond donors (Lipinski definition) is 1. The third kappa shape index (κ3) is 3.43. The fourth-order valence-corrected chi connectivity index (χ4v) is 3.46. The Labute approximate surface area is 162 Å². The van der Waals surface area contributed by atoms with Gasteiger partial charge in [0.2, 0.25) is 0 Å². The van der Waals surface area contributed by atoms with Crippen molar-refractivity contribution in [1.82, 2.24) is 0 Å². The van der Waals surface area contributed by atoms with E-state index in [9.17, 15) is 14.4 Å². The van der Waals surface area contributed by atoms with E-state index in [-0.39, 0.29) is 12.3 Å². The summed E-state index contributed by atoms with van der Waals surface area (Å²) in [7, 11) is 0. The summed E-state index contributed by atoms with van der Waals surface area (Å²) in [6, 6.07) is 14.7. The van der Waals surface area contributed by atoms with E-state index in [1.807, 2.05) is 24.3 Å². The van der Waals surface area contributed by atoms with Gasteiger partial charge in [0.25, 0.3) is 11.8 Å². The summed E-state index contributed by atoms with van der Waals surface area (Å²) in [5, 5.41) is 2.70. The van der Waals surface area contributed by atoms with Gasteiger partial charge >= 0.3 is 5.97 Å². The van der Waals surface area contributed by atoms with Crippen molar-refractivity contribution in [3.05, 3.63) is 54.1 Å². The van der Waals surface area contributed by atoms with Crippen molar-refractivity contribution in [3.63, 3.8) is 0 Å². The molecule has 0 saturated carbocycles. The van der Waals surface area contributed by atoms with E-state index in [0.29, 0.717) is 18.0 Å². The zero-order valence-corrected chi connectivity index (χ0v) is 15.4. The van der Waals surface area contributed by atoms with Gasteiger partial charge in [-0.15, -0.1) is 0 Å². The number of hydrogen-bond acceptors (Lipinski definition) is 5. The summed E-state index contributed by atoms with van der Waals surface area (Å²) < 4.78 is 10.9. The average Bonchev–Trinajstić information content (AvgIpc) is 3.12. The van der Waals surface area contributed by atoms with Crippen LogP contribution in [0.15, 0.2) is 48.5 Å². The second-order valence-electron chi connectivity index (χ2n) is 6.80. The van der Waals surface area contributed by atoms with Crippen molar-refractivity contribution >= 4 is 29.2 Å². The van der Waals surface area contributed by atoms with Gasteiger partial charge in [-0.25, -0.2) is 0 Å². The molecular weight excluding hydrogens is 360 g/mol. The molecule has 0 bridgehead atoms. The molecule has 2 atom stereocenters. The number of para-hydroxylation sites is 3. The molecule has 0 fully saturated rings. The minimum Gasteiger partial charge on any atom is -0.478 e. The molecule has 2 aromatic carbocycles. The molecule has 0 aromatic heterocycles. The van der Waals surface area contributed by atoms with E-state index in [2.05, 4.69) is 5.32 Å². The lowest BCUT2D eigenvalue weighted by atomic mass is 10.1. The molecule has 2 amide bonds. The fourth-order valence-electron chi connectivity index (χ4n) is 3.46. The van der Waals surface area contributed by atoms with Crippen LogP contribution in [0.1, 0.15) is 18.9 Å². The molecule has 2 aliphatic heterocycles. The maximum atomic E-state index is 12.7. The Hall–Kier alpha value is -3.35. The first-order valence-corrected chi connectivity index (χ1v) is 9.18. The van der Waals surface area contributed by atoms with Crippen molar-refractivity contribution in [2.24, 2.45) is 0 Å². The summed E-state index contributed by atoms with van der Waals surface area (Å²) >= 11 is 0. The Balaban J connectivity index is 1.36. The molecule has 1 N–H and O–H groups in total. The van der Waals surface area contributed by atoms with Gasteiger partial charge in [0.15, 0.2) is 12.2 Å².